The van der Waals surface area contributed by atoms with Crippen LogP contribution < -0.4 is 24.3 Å². The zero-order chi connectivity index (χ0) is 20.3. The van der Waals surface area contributed by atoms with Crippen molar-refractivity contribution in [1.29, 1.82) is 0 Å². The van der Waals surface area contributed by atoms with Crippen molar-refractivity contribution in [3.05, 3.63) is 41.5 Å². The standard InChI is InChI=1S/C22H27NO5/c1-6-26-20-11-16-9-14(4)28-19(16)12-17(20)23-22(24)15-7-8-18(27-13(2)3)21(10-15)25-5/h7-8,10-14H,6,9H2,1-5H3,(H,23,24)/t14-/m0/s1. The van der Waals surface area contributed by atoms with Gasteiger partial charge in [-0.15, -0.1) is 0 Å². The Kier molecular flexibility index (Phi) is 5.97. The van der Waals surface area contributed by atoms with Gasteiger partial charge in [-0.25, -0.2) is 0 Å². The summed E-state index contributed by atoms with van der Waals surface area (Å²) in [6.07, 6.45) is 0.960. The molecule has 0 saturated carbocycles. The van der Waals surface area contributed by atoms with Crippen molar-refractivity contribution in [2.75, 3.05) is 19.0 Å². The minimum atomic E-state index is -0.263. The number of rotatable bonds is 7. The highest BCUT2D eigenvalue weighted by atomic mass is 16.5. The quantitative estimate of drug-likeness (QED) is 0.762. The van der Waals surface area contributed by atoms with Gasteiger partial charge in [0, 0.05) is 23.6 Å². The van der Waals surface area contributed by atoms with Gasteiger partial charge in [-0.3, -0.25) is 4.79 Å². The number of carbonyl (C=O) groups excluding carboxylic acids is 1. The Morgan fingerprint density at radius 3 is 2.68 bits per heavy atom. The van der Waals surface area contributed by atoms with Crippen molar-refractivity contribution in [3.63, 3.8) is 0 Å². The molecule has 6 nitrogen and oxygen atoms in total. The summed E-state index contributed by atoms with van der Waals surface area (Å²) in [6.45, 7) is 8.31. The van der Waals surface area contributed by atoms with Crippen LogP contribution in [0, 0.1) is 0 Å². The average molecular weight is 385 g/mol. The molecular weight excluding hydrogens is 358 g/mol. The van der Waals surface area contributed by atoms with Gasteiger partial charge in [0.2, 0.25) is 0 Å². The summed E-state index contributed by atoms with van der Waals surface area (Å²) in [7, 11) is 1.55. The van der Waals surface area contributed by atoms with Gasteiger partial charge in [0.1, 0.15) is 17.6 Å². The van der Waals surface area contributed by atoms with Gasteiger partial charge in [-0.2, -0.15) is 0 Å². The molecule has 3 rings (SSSR count). The molecule has 1 aliphatic rings. The molecule has 0 aromatic heterocycles. The summed E-state index contributed by atoms with van der Waals surface area (Å²) in [4.78, 5) is 12.8. The monoisotopic (exact) mass is 385 g/mol. The Hall–Kier alpha value is -2.89. The van der Waals surface area contributed by atoms with Crippen LogP contribution in [0.4, 0.5) is 5.69 Å². The third-order valence-corrected chi connectivity index (χ3v) is 4.33. The summed E-state index contributed by atoms with van der Waals surface area (Å²) >= 11 is 0. The zero-order valence-corrected chi connectivity index (χ0v) is 17.0. The van der Waals surface area contributed by atoms with Crippen LogP contribution in [0.5, 0.6) is 23.0 Å². The Balaban J connectivity index is 1.85. The van der Waals surface area contributed by atoms with E-state index in [0.717, 1.165) is 17.7 Å². The van der Waals surface area contributed by atoms with Gasteiger partial charge >= 0.3 is 0 Å². The molecule has 1 N–H and O–H groups in total. The molecule has 6 heteroatoms. The van der Waals surface area contributed by atoms with Gasteiger partial charge in [-0.1, -0.05) is 0 Å². The predicted octanol–water partition coefficient (Wildman–Crippen LogP) is 4.46. The molecule has 1 heterocycles. The first-order valence-corrected chi connectivity index (χ1v) is 9.53. The number of hydrogen-bond donors (Lipinski definition) is 1. The lowest BCUT2D eigenvalue weighted by atomic mass is 10.1. The highest BCUT2D eigenvalue weighted by molar-refractivity contribution is 6.05. The summed E-state index contributed by atoms with van der Waals surface area (Å²) in [5.74, 6) is 2.27. The molecule has 0 saturated heterocycles. The number of nitrogens with one attached hydrogen (secondary N) is 1. The minimum Gasteiger partial charge on any atom is -0.493 e. The van der Waals surface area contributed by atoms with Crippen LogP contribution in [0.3, 0.4) is 0 Å². The fraction of sp³-hybridized carbons (Fsp3) is 0.409. The van der Waals surface area contributed by atoms with Crippen LogP contribution in [-0.4, -0.2) is 31.8 Å². The van der Waals surface area contributed by atoms with Crippen LogP contribution in [0.25, 0.3) is 0 Å². The zero-order valence-electron chi connectivity index (χ0n) is 17.0. The summed E-state index contributed by atoms with van der Waals surface area (Å²) in [6, 6.07) is 8.89. The SMILES string of the molecule is CCOc1cc2c(cc1NC(=O)c1ccc(OC(C)C)c(OC)c1)O[C@@H](C)C2. The van der Waals surface area contributed by atoms with Gasteiger partial charge in [0.05, 0.1) is 25.5 Å². The van der Waals surface area contributed by atoms with Gasteiger partial charge in [-0.05, 0) is 52.0 Å². The van der Waals surface area contributed by atoms with E-state index in [1.807, 2.05) is 39.8 Å². The molecule has 0 radical (unpaired) electrons. The molecule has 0 aliphatic carbocycles. The minimum absolute atomic E-state index is 0.0103. The van der Waals surface area contributed by atoms with Crippen molar-refractivity contribution in [3.8, 4) is 23.0 Å². The highest BCUT2D eigenvalue weighted by Gasteiger charge is 2.23. The molecular formula is C22H27NO5. The summed E-state index contributed by atoms with van der Waals surface area (Å²) in [5.41, 5.74) is 2.14. The van der Waals surface area contributed by atoms with E-state index in [2.05, 4.69) is 5.32 Å². The second-order valence-electron chi connectivity index (χ2n) is 7.01. The van der Waals surface area contributed by atoms with E-state index in [1.165, 1.54) is 0 Å². The van der Waals surface area contributed by atoms with E-state index < -0.39 is 0 Å². The van der Waals surface area contributed by atoms with Crippen LogP contribution in [0.1, 0.15) is 43.6 Å². The number of ether oxygens (including phenoxy) is 4. The molecule has 0 spiro atoms. The normalized spacial score (nSPS) is 15.0. The highest BCUT2D eigenvalue weighted by Crippen LogP contribution is 2.38. The van der Waals surface area contributed by atoms with Gasteiger partial charge in [0.15, 0.2) is 11.5 Å². The molecule has 1 amide bonds. The van der Waals surface area contributed by atoms with Crippen molar-refractivity contribution in [1.82, 2.24) is 0 Å². The fourth-order valence-corrected chi connectivity index (χ4v) is 3.17. The van der Waals surface area contributed by atoms with Crippen molar-refractivity contribution in [2.24, 2.45) is 0 Å². The van der Waals surface area contributed by atoms with Crippen molar-refractivity contribution >= 4 is 11.6 Å². The molecule has 28 heavy (non-hydrogen) atoms. The number of hydrogen-bond acceptors (Lipinski definition) is 5. The Labute approximate surface area is 165 Å². The molecule has 2 aromatic carbocycles. The molecule has 2 aromatic rings. The Morgan fingerprint density at radius 1 is 1.21 bits per heavy atom. The Bertz CT molecular complexity index is 862. The van der Waals surface area contributed by atoms with Gasteiger partial charge < -0.3 is 24.3 Å². The van der Waals surface area contributed by atoms with E-state index in [1.54, 1.807) is 25.3 Å². The summed E-state index contributed by atoms with van der Waals surface area (Å²) in [5, 5.41) is 2.93. The largest absolute Gasteiger partial charge is 0.493 e. The first-order valence-electron chi connectivity index (χ1n) is 9.53. The molecule has 1 atom stereocenters. The number of methoxy groups -OCH3 is 1. The van der Waals surface area contributed by atoms with Crippen molar-refractivity contribution in [2.45, 2.75) is 46.3 Å². The maximum Gasteiger partial charge on any atom is 0.255 e. The smallest absolute Gasteiger partial charge is 0.255 e. The molecule has 0 unspecified atom stereocenters. The third kappa shape index (κ3) is 4.32. The van der Waals surface area contributed by atoms with E-state index in [4.69, 9.17) is 18.9 Å². The fourth-order valence-electron chi connectivity index (χ4n) is 3.17. The van der Waals surface area contributed by atoms with E-state index in [9.17, 15) is 4.79 Å². The Morgan fingerprint density at radius 2 is 2.00 bits per heavy atom. The lowest BCUT2D eigenvalue weighted by molar-refractivity contribution is 0.102. The van der Waals surface area contributed by atoms with Crippen LogP contribution in [0.2, 0.25) is 0 Å². The third-order valence-electron chi connectivity index (χ3n) is 4.33. The first kappa shape index (κ1) is 19.9. The van der Waals surface area contributed by atoms with Crippen LogP contribution >= 0.6 is 0 Å². The number of fused-ring (bicyclic) bond motifs is 1. The number of carbonyl (C=O) groups is 1. The van der Waals surface area contributed by atoms with E-state index in [0.29, 0.717) is 35.1 Å². The predicted molar refractivity (Wildman–Crippen MR) is 108 cm³/mol. The lowest BCUT2D eigenvalue weighted by Crippen LogP contribution is -2.14. The number of benzene rings is 2. The van der Waals surface area contributed by atoms with Crippen molar-refractivity contribution < 1.29 is 23.7 Å². The topological polar surface area (TPSA) is 66.0 Å². The average Bonchev–Trinajstić information content (AvgIpc) is 3.00. The van der Waals surface area contributed by atoms with E-state index in [-0.39, 0.29) is 18.1 Å². The molecule has 1 aliphatic heterocycles. The van der Waals surface area contributed by atoms with Crippen LogP contribution in [-0.2, 0) is 6.42 Å². The maximum absolute atomic E-state index is 12.8. The van der Waals surface area contributed by atoms with Crippen LogP contribution in [0.15, 0.2) is 30.3 Å². The summed E-state index contributed by atoms with van der Waals surface area (Å²) < 4.78 is 22.6. The molecule has 150 valence electrons. The van der Waals surface area contributed by atoms with Gasteiger partial charge in [0.25, 0.3) is 5.91 Å². The molecule has 0 bridgehead atoms. The number of amides is 1. The first-order chi connectivity index (χ1) is 13.4. The second kappa shape index (κ2) is 8.42. The van der Waals surface area contributed by atoms with E-state index >= 15 is 0 Å². The number of anilines is 1. The lowest BCUT2D eigenvalue weighted by Gasteiger charge is -2.16. The molecule has 0 fully saturated rings. The maximum atomic E-state index is 12.8. The second-order valence-corrected chi connectivity index (χ2v) is 7.01.